The molecule has 0 unspecified atom stereocenters. The largest absolute Gasteiger partial charge is 0.349 e. The molecule has 1 N–H and O–H groups in total. The van der Waals surface area contributed by atoms with Crippen molar-refractivity contribution in [3.63, 3.8) is 0 Å². The summed E-state index contributed by atoms with van der Waals surface area (Å²) < 4.78 is 0. The normalized spacial score (nSPS) is 22.0. The van der Waals surface area contributed by atoms with Gasteiger partial charge in [0, 0.05) is 56.9 Å². The first-order valence-electron chi connectivity index (χ1n) is 11.6. The molecule has 0 atom stereocenters. The van der Waals surface area contributed by atoms with Gasteiger partial charge in [0.1, 0.15) is 0 Å². The lowest BCUT2D eigenvalue weighted by molar-refractivity contribution is -0.135. The van der Waals surface area contributed by atoms with Crippen molar-refractivity contribution in [2.24, 2.45) is 0 Å². The summed E-state index contributed by atoms with van der Waals surface area (Å²) in [7, 11) is 0. The number of carbonyl (C=O) groups is 2. The third-order valence-electron chi connectivity index (χ3n) is 7.31. The van der Waals surface area contributed by atoms with Crippen LogP contribution in [0.5, 0.6) is 0 Å². The molecule has 1 saturated carbocycles. The van der Waals surface area contributed by atoms with Crippen molar-refractivity contribution in [2.45, 2.75) is 58.0 Å². The highest BCUT2D eigenvalue weighted by atomic mass is 16.2. The number of hydrogen-bond donors (Lipinski definition) is 1. The van der Waals surface area contributed by atoms with Crippen LogP contribution < -0.4 is 5.32 Å². The summed E-state index contributed by atoms with van der Waals surface area (Å²) in [6.07, 6.45) is 5.84. The van der Waals surface area contributed by atoms with Crippen LogP contribution >= 0.6 is 0 Å². The molecule has 164 valence electrons. The minimum absolute atomic E-state index is 0.0111. The van der Waals surface area contributed by atoms with Gasteiger partial charge in [-0.2, -0.15) is 0 Å². The van der Waals surface area contributed by atoms with Gasteiger partial charge in [-0.05, 0) is 62.8 Å². The maximum atomic E-state index is 12.7. The zero-order chi connectivity index (χ0) is 21.1. The average Bonchev–Trinajstić information content (AvgIpc) is 2.70. The fourth-order valence-electron chi connectivity index (χ4n) is 4.77. The lowest BCUT2D eigenvalue weighted by atomic mass is 9.91. The highest BCUT2D eigenvalue weighted by Gasteiger charge is 2.30. The number of benzene rings is 1. The molecule has 0 spiro atoms. The van der Waals surface area contributed by atoms with Gasteiger partial charge in [0.25, 0.3) is 5.91 Å². The van der Waals surface area contributed by atoms with Gasteiger partial charge in [-0.15, -0.1) is 0 Å². The van der Waals surface area contributed by atoms with E-state index in [2.05, 4.69) is 22.0 Å². The fraction of sp³-hybridized carbons (Fsp3) is 0.667. The fourth-order valence-corrected chi connectivity index (χ4v) is 4.77. The van der Waals surface area contributed by atoms with Gasteiger partial charge in [-0.1, -0.05) is 12.5 Å². The molecule has 0 aromatic heterocycles. The van der Waals surface area contributed by atoms with Gasteiger partial charge in [0.05, 0.1) is 6.54 Å². The van der Waals surface area contributed by atoms with Crippen molar-refractivity contribution < 1.29 is 9.59 Å². The van der Waals surface area contributed by atoms with E-state index in [1.54, 1.807) is 0 Å². The van der Waals surface area contributed by atoms with Crippen LogP contribution in [0.15, 0.2) is 18.2 Å². The first-order valence-corrected chi connectivity index (χ1v) is 11.6. The topological polar surface area (TPSA) is 55.9 Å². The van der Waals surface area contributed by atoms with Gasteiger partial charge in [-0.25, -0.2) is 0 Å². The Kier molecular flexibility index (Phi) is 6.74. The minimum Gasteiger partial charge on any atom is -0.349 e. The van der Waals surface area contributed by atoms with Crippen molar-refractivity contribution >= 4 is 11.8 Å². The molecule has 4 rings (SSSR count). The smallest absolute Gasteiger partial charge is 0.251 e. The summed E-state index contributed by atoms with van der Waals surface area (Å²) >= 11 is 0. The van der Waals surface area contributed by atoms with Crippen molar-refractivity contribution in [1.82, 2.24) is 20.0 Å². The lowest BCUT2D eigenvalue weighted by Crippen LogP contribution is -2.55. The summed E-state index contributed by atoms with van der Waals surface area (Å²) in [6.45, 7) is 10.2. The van der Waals surface area contributed by atoms with Crippen LogP contribution in [0.4, 0.5) is 0 Å². The van der Waals surface area contributed by atoms with Crippen LogP contribution in [-0.4, -0.2) is 84.4 Å². The summed E-state index contributed by atoms with van der Waals surface area (Å²) in [5.74, 6) is 0.276. The Labute approximate surface area is 180 Å². The number of nitrogens with one attached hydrogen (secondary N) is 1. The summed E-state index contributed by atoms with van der Waals surface area (Å²) in [5, 5.41) is 3.18. The second-order valence-electron chi connectivity index (χ2n) is 9.32. The molecular weight excluding hydrogens is 376 g/mol. The van der Waals surface area contributed by atoms with Crippen molar-refractivity contribution in [1.29, 1.82) is 0 Å². The summed E-state index contributed by atoms with van der Waals surface area (Å²) in [4.78, 5) is 32.1. The molecule has 30 heavy (non-hydrogen) atoms. The molecule has 2 saturated heterocycles. The average molecular weight is 413 g/mol. The van der Waals surface area contributed by atoms with Crippen molar-refractivity contribution in [3.8, 4) is 0 Å². The number of aryl methyl sites for hydroxylation is 2. The Morgan fingerprint density at radius 2 is 1.63 bits per heavy atom. The molecule has 2 amide bonds. The van der Waals surface area contributed by atoms with E-state index in [9.17, 15) is 9.59 Å². The highest BCUT2D eigenvalue weighted by Crippen LogP contribution is 2.25. The molecule has 1 aliphatic carbocycles. The van der Waals surface area contributed by atoms with Crippen molar-refractivity contribution in [3.05, 3.63) is 34.9 Å². The van der Waals surface area contributed by atoms with Crippen molar-refractivity contribution in [2.75, 3.05) is 45.8 Å². The van der Waals surface area contributed by atoms with Crippen LogP contribution in [0.2, 0.25) is 0 Å². The number of likely N-dealkylation sites (tertiary alicyclic amines) is 1. The van der Waals surface area contributed by atoms with Gasteiger partial charge in [0.2, 0.25) is 5.91 Å². The zero-order valence-electron chi connectivity index (χ0n) is 18.5. The quantitative estimate of drug-likeness (QED) is 0.806. The first-order chi connectivity index (χ1) is 14.5. The lowest BCUT2D eigenvalue weighted by Gasteiger charge is -2.43. The van der Waals surface area contributed by atoms with E-state index in [1.165, 1.54) is 24.8 Å². The van der Waals surface area contributed by atoms with Crippen LogP contribution in [0.1, 0.15) is 53.6 Å². The number of hydrogen-bond acceptors (Lipinski definition) is 4. The van der Waals surface area contributed by atoms with E-state index in [4.69, 9.17) is 0 Å². The second-order valence-corrected chi connectivity index (χ2v) is 9.32. The summed E-state index contributed by atoms with van der Waals surface area (Å²) in [5.41, 5.74) is 3.08. The number of amides is 2. The van der Waals surface area contributed by atoms with E-state index in [-0.39, 0.29) is 17.9 Å². The molecule has 0 radical (unpaired) electrons. The molecule has 0 bridgehead atoms. The minimum atomic E-state index is 0.0111. The van der Waals surface area contributed by atoms with E-state index in [0.717, 1.165) is 69.3 Å². The van der Waals surface area contributed by atoms with Gasteiger partial charge in [-0.3, -0.25) is 19.4 Å². The third-order valence-corrected chi connectivity index (χ3v) is 7.31. The number of rotatable bonds is 5. The molecule has 2 heterocycles. The van der Waals surface area contributed by atoms with Gasteiger partial charge in [0.15, 0.2) is 0 Å². The Morgan fingerprint density at radius 3 is 2.23 bits per heavy atom. The van der Waals surface area contributed by atoms with Crippen LogP contribution in [0.25, 0.3) is 0 Å². The molecule has 6 heteroatoms. The van der Waals surface area contributed by atoms with Crippen LogP contribution in [0.3, 0.4) is 0 Å². The Balaban J connectivity index is 1.17. The molecule has 1 aromatic rings. The number of piperazine rings is 1. The van der Waals surface area contributed by atoms with E-state index >= 15 is 0 Å². The second kappa shape index (κ2) is 9.48. The first kappa shape index (κ1) is 21.3. The molecule has 6 nitrogen and oxygen atoms in total. The highest BCUT2D eigenvalue weighted by molar-refractivity contribution is 5.94. The molecule has 2 aliphatic heterocycles. The van der Waals surface area contributed by atoms with E-state index in [1.807, 2.05) is 30.0 Å². The SMILES string of the molecule is Cc1ccc(C(=O)NC2CCN(CC(=O)N3CCN(C4CCC4)CC3)CC2)cc1C. The number of piperidine rings is 1. The number of nitrogens with zero attached hydrogens (tertiary/aromatic N) is 3. The Bertz CT molecular complexity index is 760. The maximum Gasteiger partial charge on any atom is 0.251 e. The Hall–Kier alpha value is -1.92. The van der Waals surface area contributed by atoms with E-state index in [0.29, 0.717) is 6.54 Å². The van der Waals surface area contributed by atoms with Crippen LogP contribution in [0, 0.1) is 13.8 Å². The Morgan fingerprint density at radius 1 is 0.933 bits per heavy atom. The van der Waals surface area contributed by atoms with Crippen LogP contribution in [-0.2, 0) is 4.79 Å². The maximum absolute atomic E-state index is 12.7. The number of carbonyl (C=O) groups excluding carboxylic acids is 2. The molecule has 1 aromatic carbocycles. The predicted molar refractivity (Wildman–Crippen MR) is 119 cm³/mol. The third kappa shape index (κ3) is 5.03. The molecule has 3 fully saturated rings. The van der Waals surface area contributed by atoms with Gasteiger partial charge >= 0.3 is 0 Å². The zero-order valence-corrected chi connectivity index (χ0v) is 18.5. The molecular formula is C24H36N4O2. The monoisotopic (exact) mass is 412 g/mol. The standard InChI is InChI=1S/C24H36N4O2/c1-18-6-7-20(16-19(18)2)24(30)25-21-8-10-26(11-9-21)17-23(29)28-14-12-27(13-15-28)22-4-3-5-22/h6-7,16,21-22H,3-5,8-15,17H2,1-2H3,(H,25,30). The predicted octanol–water partition coefficient (Wildman–Crippen LogP) is 2.19. The van der Waals surface area contributed by atoms with Gasteiger partial charge < -0.3 is 10.2 Å². The van der Waals surface area contributed by atoms with E-state index < -0.39 is 0 Å². The summed E-state index contributed by atoms with van der Waals surface area (Å²) in [6, 6.07) is 6.83. The molecule has 3 aliphatic rings.